The zero-order valence-corrected chi connectivity index (χ0v) is 15.1. The van der Waals surface area contributed by atoms with Crippen LogP contribution in [0.5, 0.6) is 0 Å². The molecule has 0 bridgehead atoms. The van der Waals surface area contributed by atoms with Gasteiger partial charge in [0.25, 0.3) is 0 Å². The summed E-state index contributed by atoms with van der Waals surface area (Å²) in [5.74, 6) is -0.526. The van der Waals surface area contributed by atoms with Crippen LogP contribution in [0.4, 0.5) is 0 Å². The summed E-state index contributed by atoms with van der Waals surface area (Å²) >= 11 is 0. The third-order valence-corrected chi connectivity index (χ3v) is 5.42. The maximum Gasteiger partial charge on any atom is 0.246 e. The molecule has 2 fully saturated rings. The number of aryl methyl sites for hydroxylation is 1. The van der Waals surface area contributed by atoms with Gasteiger partial charge in [-0.05, 0) is 44.1 Å². The Hall–Kier alpha value is -2.37. The first-order chi connectivity index (χ1) is 12.6. The van der Waals surface area contributed by atoms with Crippen LogP contribution >= 0.6 is 0 Å². The van der Waals surface area contributed by atoms with Crippen LogP contribution in [0.2, 0.25) is 0 Å². The summed E-state index contributed by atoms with van der Waals surface area (Å²) in [6, 6.07) is 9.15. The van der Waals surface area contributed by atoms with Crippen molar-refractivity contribution in [1.82, 2.24) is 9.80 Å². The Morgan fingerprint density at radius 3 is 2.31 bits per heavy atom. The van der Waals surface area contributed by atoms with Gasteiger partial charge in [0.1, 0.15) is 12.1 Å². The normalized spacial score (nSPS) is 22.6. The van der Waals surface area contributed by atoms with Gasteiger partial charge in [-0.1, -0.05) is 30.3 Å². The van der Waals surface area contributed by atoms with E-state index in [1.807, 2.05) is 18.2 Å². The van der Waals surface area contributed by atoms with Gasteiger partial charge in [-0.2, -0.15) is 0 Å². The lowest BCUT2D eigenvalue weighted by atomic mass is 10.1. The fourth-order valence-electron chi connectivity index (χ4n) is 4.07. The van der Waals surface area contributed by atoms with Crippen LogP contribution in [0.3, 0.4) is 0 Å². The van der Waals surface area contributed by atoms with Crippen molar-refractivity contribution in [3.05, 3.63) is 35.9 Å². The zero-order chi connectivity index (χ0) is 18.5. The van der Waals surface area contributed by atoms with Crippen molar-refractivity contribution < 1.29 is 14.4 Å². The first-order valence-electron chi connectivity index (χ1n) is 9.51. The Morgan fingerprint density at radius 1 is 0.962 bits per heavy atom. The van der Waals surface area contributed by atoms with Crippen molar-refractivity contribution in [2.45, 2.75) is 57.0 Å². The minimum absolute atomic E-state index is 0.0339. The molecule has 0 saturated carbocycles. The number of nitrogens with two attached hydrogens (primary N) is 1. The van der Waals surface area contributed by atoms with Gasteiger partial charge in [0.15, 0.2) is 0 Å². The molecule has 2 heterocycles. The molecule has 2 atom stereocenters. The second-order valence-electron chi connectivity index (χ2n) is 7.18. The third-order valence-electron chi connectivity index (χ3n) is 5.42. The topological polar surface area (TPSA) is 83.7 Å². The molecule has 2 aliphatic rings. The number of hydrogen-bond acceptors (Lipinski definition) is 3. The Morgan fingerprint density at radius 2 is 1.62 bits per heavy atom. The van der Waals surface area contributed by atoms with Gasteiger partial charge >= 0.3 is 0 Å². The number of likely N-dealkylation sites (tertiary alicyclic amines) is 2. The molecule has 1 aromatic carbocycles. The van der Waals surface area contributed by atoms with Crippen LogP contribution in [0, 0.1) is 0 Å². The third kappa shape index (κ3) is 4.06. The van der Waals surface area contributed by atoms with Crippen molar-refractivity contribution in [2.75, 3.05) is 13.1 Å². The van der Waals surface area contributed by atoms with Gasteiger partial charge < -0.3 is 15.5 Å². The number of rotatable bonds is 6. The molecule has 26 heavy (non-hydrogen) atoms. The largest absolute Gasteiger partial charge is 0.368 e. The van der Waals surface area contributed by atoms with E-state index in [9.17, 15) is 14.4 Å². The van der Waals surface area contributed by atoms with E-state index in [-0.39, 0.29) is 11.8 Å². The SMILES string of the molecule is NC(=O)[C@@H]1CCCN1C(=O)[C@@H]1CCCN1C(=O)CCCc1ccccc1. The molecule has 0 aliphatic carbocycles. The Bertz CT molecular complexity index is 662. The number of carbonyl (C=O) groups excluding carboxylic acids is 3. The van der Waals surface area contributed by atoms with E-state index < -0.39 is 18.0 Å². The van der Waals surface area contributed by atoms with Crippen molar-refractivity contribution >= 4 is 17.7 Å². The van der Waals surface area contributed by atoms with Crippen LogP contribution in [-0.2, 0) is 20.8 Å². The van der Waals surface area contributed by atoms with Gasteiger partial charge in [-0.25, -0.2) is 0 Å². The molecule has 1 aromatic rings. The van der Waals surface area contributed by atoms with Gasteiger partial charge in [0.05, 0.1) is 0 Å². The highest BCUT2D eigenvalue weighted by Gasteiger charge is 2.41. The predicted molar refractivity (Wildman–Crippen MR) is 98.0 cm³/mol. The van der Waals surface area contributed by atoms with Crippen LogP contribution in [0.15, 0.2) is 30.3 Å². The molecule has 2 saturated heterocycles. The highest BCUT2D eigenvalue weighted by atomic mass is 16.2. The van der Waals surface area contributed by atoms with Crippen molar-refractivity contribution in [2.24, 2.45) is 5.73 Å². The average molecular weight is 357 g/mol. The monoisotopic (exact) mass is 357 g/mol. The maximum atomic E-state index is 12.9. The molecule has 2 N–H and O–H groups in total. The Kier molecular flexibility index (Phi) is 5.91. The van der Waals surface area contributed by atoms with Gasteiger partial charge in [0.2, 0.25) is 17.7 Å². The zero-order valence-electron chi connectivity index (χ0n) is 15.1. The minimum atomic E-state index is -0.516. The fourth-order valence-corrected chi connectivity index (χ4v) is 4.07. The molecule has 6 nitrogen and oxygen atoms in total. The van der Waals surface area contributed by atoms with E-state index in [1.165, 1.54) is 5.56 Å². The molecular formula is C20H27N3O3. The van der Waals surface area contributed by atoms with E-state index >= 15 is 0 Å². The lowest BCUT2D eigenvalue weighted by molar-refractivity contribution is -0.146. The fraction of sp³-hybridized carbons (Fsp3) is 0.550. The number of carbonyl (C=O) groups is 3. The van der Waals surface area contributed by atoms with E-state index in [1.54, 1.807) is 9.80 Å². The molecule has 0 aromatic heterocycles. The van der Waals surface area contributed by atoms with E-state index in [2.05, 4.69) is 12.1 Å². The molecule has 0 unspecified atom stereocenters. The van der Waals surface area contributed by atoms with Gasteiger partial charge in [-0.3, -0.25) is 14.4 Å². The smallest absolute Gasteiger partial charge is 0.246 e. The number of benzene rings is 1. The predicted octanol–water partition coefficient (Wildman–Crippen LogP) is 1.48. The van der Waals surface area contributed by atoms with E-state index in [4.69, 9.17) is 5.73 Å². The van der Waals surface area contributed by atoms with Crippen LogP contribution < -0.4 is 5.73 Å². The molecule has 0 radical (unpaired) electrons. The summed E-state index contributed by atoms with van der Waals surface area (Å²) in [5.41, 5.74) is 6.64. The summed E-state index contributed by atoms with van der Waals surface area (Å²) in [6.45, 7) is 1.18. The standard InChI is InChI=1S/C20H27N3O3/c21-19(25)16-10-5-14-23(16)20(26)17-11-6-13-22(17)18(24)12-4-9-15-7-2-1-3-8-15/h1-3,7-8,16-17H,4-6,9-14H2,(H2,21,25)/t16-,17-/m0/s1. The van der Waals surface area contributed by atoms with Crippen LogP contribution in [0.1, 0.15) is 44.1 Å². The van der Waals surface area contributed by atoms with Crippen LogP contribution in [0.25, 0.3) is 0 Å². The van der Waals surface area contributed by atoms with Crippen LogP contribution in [-0.4, -0.2) is 52.7 Å². The average Bonchev–Trinajstić information content (AvgIpc) is 3.31. The van der Waals surface area contributed by atoms with E-state index in [0.29, 0.717) is 32.4 Å². The first kappa shape index (κ1) is 18.4. The number of amides is 3. The molecule has 3 amide bonds. The molecular weight excluding hydrogens is 330 g/mol. The second-order valence-corrected chi connectivity index (χ2v) is 7.18. The summed E-state index contributed by atoms with van der Waals surface area (Å²) in [7, 11) is 0. The Labute approximate surface area is 154 Å². The second kappa shape index (κ2) is 8.34. The summed E-state index contributed by atoms with van der Waals surface area (Å²) in [5, 5.41) is 0. The van der Waals surface area contributed by atoms with Gasteiger partial charge in [0, 0.05) is 19.5 Å². The van der Waals surface area contributed by atoms with Gasteiger partial charge in [-0.15, -0.1) is 0 Å². The molecule has 0 spiro atoms. The van der Waals surface area contributed by atoms with Crippen molar-refractivity contribution in [3.8, 4) is 0 Å². The molecule has 3 rings (SSSR count). The summed E-state index contributed by atoms with van der Waals surface area (Å²) < 4.78 is 0. The molecule has 6 heteroatoms. The Balaban J connectivity index is 1.56. The minimum Gasteiger partial charge on any atom is -0.368 e. The summed E-state index contributed by atoms with van der Waals surface area (Å²) in [4.78, 5) is 40.4. The number of nitrogens with zero attached hydrogens (tertiary/aromatic N) is 2. The first-order valence-corrected chi connectivity index (χ1v) is 9.51. The molecule has 2 aliphatic heterocycles. The van der Waals surface area contributed by atoms with E-state index in [0.717, 1.165) is 25.7 Å². The lowest BCUT2D eigenvalue weighted by Gasteiger charge is -2.30. The quantitative estimate of drug-likeness (QED) is 0.837. The number of hydrogen-bond donors (Lipinski definition) is 1. The maximum absolute atomic E-state index is 12.9. The molecule has 140 valence electrons. The summed E-state index contributed by atoms with van der Waals surface area (Å²) in [6.07, 6.45) is 4.98. The highest BCUT2D eigenvalue weighted by molar-refractivity contribution is 5.92. The highest BCUT2D eigenvalue weighted by Crippen LogP contribution is 2.25. The van der Waals surface area contributed by atoms with Crippen molar-refractivity contribution in [3.63, 3.8) is 0 Å². The number of primary amides is 1. The lowest BCUT2D eigenvalue weighted by Crippen LogP contribution is -2.52. The van der Waals surface area contributed by atoms with Crippen molar-refractivity contribution in [1.29, 1.82) is 0 Å².